The molecule has 11 rings (SSSR count). The van der Waals surface area contributed by atoms with Crippen molar-refractivity contribution < 1.29 is 0 Å². The van der Waals surface area contributed by atoms with Crippen molar-refractivity contribution in [2.75, 3.05) is 0 Å². The Hall–Kier alpha value is -7.14. The zero-order valence-electron chi connectivity index (χ0n) is 31.0. The predicted octanol–water partition coefficient (Wildman–Crippen LogP) is 14.2. The Morgan fingerprint density at radius 3 is 1.30 bits per heavy atom. The Bertz CT molecular complexity index is 3030. The minimum absolute atomic E-state index is 0.643. The lowest BCUT2D eigenvalue weighted by Gasteiger charge is -2.41. The van der Waals surface area contributed by atoms with E-state index in [1.54, 1.807) is 0 Å². The van der Waals surface area contributed by atoms with Gasteiger partial charge in [-0.2, -0.15) is 0 Å². The van der Waals surface area contributed by atoms with Crippen LogP contribution in [0.2, 0.25) is 0 Å². The summed E-state index contributed by atoms with van der Waals surface area (Å²) in [6.07, 6.45) is 0. The first-order valence-electron chi connectivity index (χ1n) is 19.3. The highest BCUT2D eigenvalue weighted by atomic mass is 32.3. The maximum Gasteiger partial charge on any atom is 0.164 e. The van der Waals surface area contributed by atoms with Gasteiger partial charge < -0.3 is 0 Å². The third-order valence-electron chi connectivity index (χ3n) is 11.2. The van der Waals surface area contributed by atoms with E-state index in [9.17, 15) is 0 Å². The summed E-state index contributed by atoms with van der Waals surface area (Å²) in [5, 5.41) is 5.00. The highest BCUT2D eigenvalue weighted by Crippen LogP contribution is 2.81. The van der Waals surface area contributed by atoms with E-state index >= 15 is 0 Å². The quantitative estimate of drug-likeness (QED) is 0.170. The molecule has 0 saturated heterocycles. The van der Waals surface area contributed by atoms with Crippen LogP contribution in [-0.4, -0.2) is 15.0 Å². The van der Waals surface area contributed by atoms with Gasteiger partial charge in [0.2, 0.25) is 0 Å². The van der Waals surface area contributed by atoms with Gasteiger partial charge in [-0.15, -0.1) is 10.0 Å². The van der Waals surface area contributed by atoms with Gasteiger partial charge in [0.05, 0.1) is 0 Å². The first kappa shape index (κ1) is 33.2. The van der Waals surface area contributed by atoms with Gasteiger partial charge in [-0.1, -0.05) is 188 Å². The monoisotopic (exact) mass is 745 g/mol. The van der Waals surface area contributed by atoms with Crippen LogP contribution >= 0.6 is 10.0 Å². The van der Waals surface area contributed by atoms with Crippen molar-refractivity contribution in [2.45, 2.75) is 19.6 Å². The lowest BCUT2D eigenvalue weighted by atomic mass is 10.0. The lowest BCUT2D eigenvalue weighted by molar-refractivity contribution is 1.07. The van der Waals surface area contributed by atoms with E-state index in [1.807, 2.05) is 24.3 Å². The van der Waals surface area contributed by atoms with Gasteiger partial charge in [0, 0.05) is 36.3 Å². The number of rotatable bonds is 6. The summed E-state index contributed by atoms with van der Waals surface area (Å²) in [5.74, 6) is 1.94. The molecule has 0 aliphatic carbocycles. The van der Waals surface area contributed by atoms with Gasteiger partial charge in [0.25, 0.3) is 0 Å². The summed E-state index contributed by atoms with van der Waals surface area (Å²) in [5.41, 5.74) is 7.69. The molecule has 268 valence electrons. The van der Waals surface area contributed by atoms with E-state index in [0.717, 1.165) is 22.3 Å². The van der Waals surface area contributed by atoms with E-state index in [2.05, 4.69) is 188 Å². The smallest absolute Gasteiger partial charge is 0.164 e. The van der Waals surface area contributed by atoms with Crippen LogP contribution in [0.1, 0.15) is 0 Å². The molecule has 0 unspecified atom stereocenters. The molecule has 0 saturated carbocycles. The molecule has 0 fully saturated rings. The molecule has 2 heterocycles. The molecular weight excluding hydrogens is 711 g/mol. The average Bonchev–Trinajstić information content (AvgIpc) is 3.59. The van der Waals surface area contributed by atoms with Crippen LogP contribution in [0.3, 0.4) is 0 Å². The fourth-order valence-corrected chi connectivity index (χ4v) is 13.1. The van der Waals surface area contributed by atoms with E-state index < -0.39 is 10.0 Å². The van der Waals surface area contributed by atoms with Crippen LogP contribution in [0, 0.1) is 0 Å². The molecule has 1 aliphatic heterocycles. The highest BCUT2D eigenvalue weighted by Gasteiger charge is 2.43. The number of fused-ring (bicyclic) bond motifs is 5. The molecule has 3 nitrogen and oxygen atoms in total. The lowest BCUT2D eigenvalue weighted by Crippen LogP contribution is -2.04. The maximum absolute atomic E-state index is 5.26. The van der Waals surface area contributed by atoms with Crippen molar-refractivity contribution in [3.63, 3.8) is 0 Å². The minimum atomic E-state index is -2.05. The zero-order chi connectivity index (χ0) is 37.8. The van der Waals surface area contributed by atoms with Crippen LogP contribution in [0.5, 0.6) is 0 Å². The van der Waals surface area contributed by atoms with E-state index in [-0.39, 0.29) is 0 Å². The molecule has 10 aromatic rings. The predicted molar refractivity (Wildman–Crippen MR) is 236 cm³/mol. The Kier molecular flexibility index (Phi) is 7.90. The molecule has 0 atom stereocenters. The van der Waals surface area contributed by atoms with Gasteiger partial charge in [-0.3, -0.25) is 0 Å². The molecule has 9 aromatic carbocycles. The number of hydrogen-bond donors (Lipinski definition) is 0. The second-order valence-corrected chi connectivity index (χ2v) is 17.4. The number of hydrogen-bond acceptors (Lipinski definition) is 3. The normalized spacial score (nSPS) is 13.3. The summed E-state index contributed by atoms with van der Waals surface area (Å²) in [6, 6.07) is 76.5. The van der Waals surface area contributed by atoms with Crippen LogP contribution < -0.4 is 0 Å². The molecule has 1 aromatic heterocycles. The summed E-state index contributed by atoms with van der Waals surface area (Å²) in [7, 11) is -2.05. The molecule has 0 bridgehead atoms. The SMILES string of the molecule is c1ccc(-c2ccc(-c3nc(-c4ccccc4)nc(-c4ccc5c(c4)S(c4cccc6ccccc46)(c4cccc6ccccc46)c4ccccc4-5)n3)cc2)cc1. The Labute approximate surface area is 333 Å². The zero-order valence-corrected chi connectivity index (χ0v) is 31.8. The van der Waals surface area contributed by atoms with E-state index in [4.69, 9.17) is 15.0 Å². The summed E-state index contributed by atoms with van der Waals surface area (Å²) in [4.78, 5) is 20.9. The molecule has 4 heteroatoms. The van der Waals surface area contributed by atoms with Crippen molar-refractivity contribution in [1.29, 1.82) is 0 Å². The van der Waals surface area contributed by atoms with E-state index in [0.29, 0.717) is 17.5 Å². The van der Waals surface area contributed by atoms with Crippen molar-refractivity contribution in [1.82, 2.24) is 15.0 Å². The van der Waals surface area contributed by atoms with Gasteiger partial charge in [-0.05, 0) is 68.1 Å². The number of benzene rings is 9. The molecule has 57 heavy (non-hydrogen) atoms. The molecule has 1 aliphatic rings. The Morgan fingerprint density at radius 2 is 0.667 bits per heavy atom. The van der Waals surface area contributed by atoms with Gasteiger partial charge >= 0.3 is 0 Å². The van der Waals surface area contributed by atoms with Gasteiger partial charge in [-0.25, -0.2) is 15.0 Å². The van der Waals surface area contributed by atoms with Crippen LogP contribution in [-0.2, 0) is 0 Å². The standard InChI is InChI=1S/C53H35N3S/c1-3-15-36(16-4-1)37-29-31-41(32-30-37)52-54-51(40-19-5-2-6-20-40)55-53(56-52)42-33-34-46-45-25-11-12-26-49(45)57(50(46)35-42,47-27-13-21-38-17-7-9-23-43(38)47)48-28-14-22-39-18-8-10-24-44(39)48/h1-35H. The van der Waals surface area contributed by atoms with Crippen LogP contribution in [0.15, 0.2) is 232 Å². The molecule has 0 radical (unpaired) electrons. The number of aromatic nitrogens is 3. The van der Waals surface area contributed by atoms with Crippen molar-refractivity contribution >= 4 is 31.6 Å². The Balaban J connectivity index is 1.18. The van der Waals surface area contributed by atoms with Gasteiger partial charge in [0.15, 0.2) is 17.5 Å². The number of nitrogens with zero attached hydrogens (tertiary/aromatic N) is 3. The first-order valence-corrected chi connectivity index (χ1v) is 20.9. The third-order valence-corrected chi connectivity index (χ3v) is 15.2. The largest absolute Gasteiger partial charge is 0.208 e. The van der Waals surface area contributed by atoms with E-state index in [1.165, 1.54) is 57.8 Å². The van der Waals surface area contributed by atoms with Crippen LogP contribution in [0.25, 0.3) is 78.0 Å². The van der Waals surface area contributed by atoms with Gasteiger partial charge in [0.1, 0.15) is 0 Å². The first-order chi connectivity index (χ1) is 28.3. The fraction of sp³-hybridized carbons (Fsp3) is 0. The topological polar surface area (TPSA) is 38.7 Å². The average molecular weight is 746 g/mol. The van der Waals surface area contributed by atoms with Crippen LogP contribution in [0.4, 0.5) is 0 Å². The molecule has 0 N–H and O–H groups in total. The molecule has 0 spiro atoms. The second kappa shape index (κ2) is 13.6. The van der Waals surface area contributed by atoms with Crippen molar-refractivity contribution in [2.24, 2.45) is 0 Å². The molecule has 0 amide bonds. The summed E-state index contributed by atoms with van der Waals surface area (Å²) in [6.45, 7) is 0. The molecular formula is C53H35N3S. The maximum atomic E-state index is 5.26. The summed E-state index contributed by atoms with van der Waals surface area (Å²) < 4.78 is 0. The second-order valence-electron chi connectivity index (χ2n) is 14.4. The Morgan fingerprint density at radius 1 is 0.263 bits per heavy atom. The van der Waals surface area contributed by atoms with Crippen molar-refractivity contribution in [3.8, 4) is 56.4 Å². The summed E-state index contributed by atoms with van der Waals surface area (Å²) >= 11 is 0. The highest BCUT2D eigenvalue weighted by molar-refractivity contribution is 8.34. The minimum Gasteiger partial charge on any atom is -0.208 e. The third kappa shape index (κ3) is 5.41. The van der Waals surface area contributed by atoms with Crippen molar-refractivity contribution in [3.05, 3.63) is 212 Å². The fourth-order valence-electron chi connectivity index (χ4n) is 8.52.